The van der Waals surface area contributed by atoms with Gasteiger partial charge in [-0.05, 0) is 31.6 Å². The van der Waals surface area contributed by atoms with E-state index in [0.29, 0.717) is 23.8 Å². The zero-order valence-corrected chi connectivity index (χ0v) is 11.8. The number of aliphatic hydroxyl groups excluding tert-OH is 1. The number of aliphatic hydroxyl groups is 1. The fourth-order valence-electron chi connectivity index (χ4n) is 2.49. The Kier molecular flexibility index (Phi) is 5.20. The van der Waals surface area contributed by atoms with Crippen molar-refractivity contribution in [3.63, 3.8) is 0 Å². The first-order chi connectivity index (χ1) is 9.47. The summed E-state index contributed by atoms with van der Waals surface area (Å²) >= 11 is 0.519. The first kappa shape index (κ1) is 15.5. The highest BCUT2D eigenvalue weighted by molar-refractivity contribution is 7.15. The fraction of sp³-hybridized carbons (Fsp3) is 0.833. The van der Waals surface area contributed by atoms with E-state index in [1.165, 1.54) is 0 Å². The van der Waals surface area contributed by atoms with Gasteiger partial charge in [-0.15, -0.1) is 10.2 Å². The molecule has 1 saturated carbocycles. The van der Waals surface area contributed by atoms with Crippen LogP contribution in [0.2, 0.25) is 0 Å². The van der Waals surface area contributed by atoms with E-state index < -0.39 is 11.2 Å². The van der Waals surface area contributed by atoms with Crippen molar-refractivity contribution in [2.24, 2.45) is 5.92 Å². The van der Waals surface area contributed by atoms with Crippen LogP contribution in [0.3, 0.4) is 0 Å². The van der Waals surface area contributed by atoms with Crippen molar-refractivity contribution < 1.29 is 18.3 Å². The van der Waals surface area contributed by atoms with Crippen LogP contribution < -0.4 is 5.32 Å². The number of halogens is 3. The van der Waals surface area contributed by atoms with E-state index >= 15 is 0 Å². The quantitative estimate of drug-likeness (QED) is 0.819. The predicted molar refractivity (Wildman–Crippen MR) is 70.6 cm³/mol. The molecule has 0 radical (unpaired) electrons. The molecule has 0 bridgehead atoms. The number of anilines is 1. The summed E-state index contributed by atoms with van der Waals surface area (Å²) in [7, 11) is 0. The lowest BCUT2D eigenvalue weighted by atomic mass is 9.83. The van der Waals surface area contributed by atoms with Crippen LogP contribution in [0.25, 0.3) is 0 Å². The van der Waals surface area contributed by atoms with E-state index in [9.17, 15) is 18.3 Å². The predicted octanol–water partition coefficient (Wildman–Crippen LogP) is 3.30. The molecular formula is C12H18F3N3OS. The number of rotatable bonds is 5. The van der Waals surface area contributed by atoms with Gasteiger partial charge in [0.05, 0.1) is 6.10 Å². The fourth-order valence-corrected chi connectivity index (χ4v) is 3.13. The Labute approximate surface area is 119 Å². The summed E-state index contributed by atoms with van der Waals surface area (Å²) < 4.78 is 37.0. The molecule has 0 unspecified atom stereocenters. The summed E-state index contributed by atoms with van der Waals surface area (Å²) in [6, 6.07) is 0. The third kappa shape index (κ3) is 4.31. The van der Waals surface area contributed by atoms with E-state index in [2.05, 4.69) is 15.5 Å². The van der Waals surface area contributed by atoms with Crippen molar-refractivity contribution in [2.75, 3.05) is 11.9 Å². The molecule has 20 heavy (non-hydrogen) atoms. The number of hydrogen-bond donors (Lipinski definition) is 2. The third-order valence-electron chi connectivity index (χ3n) is 3.56. The molecule has 1 fully saturated rings. The Hall–Kier alpha value is -0.890. The lowest BCUT2D eigenvalue weighted by molar-refractivity contribution is -0.138. The van der Waals surface area contributed by atoms with Gasteiger partial charge in [-0.25, -0.2) is 0 Å². The monoisotopic (exact) mass is 309 g/mol. The van der Waals surface area contributed by atoms with Crippen molar-refractivity contribution in [2.45, 2.75) is 50.8 Å². The summed E-state index contributed by atoms with van der Waals surface area (Å²) in [4.78, 5) is 0. The van der Waals surface area contributed by atoms with Gasteiger partial charge in [-0.3, -0.25) is 0 Å². The number of hydrogen-bond acceptors (Lipinski definition) is 5. The Balaban J connectivity index is 1.69. The van der Waals surface area contributed by atoms with Crippen LogP contribution >= 0.6 is 11.3 Å². The second-order valence-electron chi connectivity index (χ2n) is 5.09. The summed E-state index contributed by atoms with van der Waals surface area (Å²) in [6.07, 6.45) is 1.19. The summed E-state index contributed by atoms with van der Waals surface area (Å²) in [5, 5.41) is 18.5. The second kappa shape index (κ2) is 6.71. The van der Waals surface area contributed by atoms with Crippen LogP contribution in [0, 0.1) is 5.92 Å². The normalized spacial score (nSPS) is 23.8. The molecule has 0 spiro atoms. The molecule has 0 amide bonds. The highest BCUT2D eigenvalue weighted by Gasteiger charge is 2.35. The largest absolute Gasteiger partial charge is 0.445 e. The van der Waals surface area contributed by atoms with Gasteiger partial charge >= 0.3 is 6.18 Å². The van der Waals surface area contributed by atoms with Crippen LogP contribution in [0.15, 0.2) is 0 Å². The zero-order valence-electron chi connectivity index (χ0n) is 11.0. The Morgan fingerprint density at radius 2 is 2.00 bits per heavy atom. The molecule has 1 aliphatic carbocycles. The van der Waals surface area contributed by atoms with Gasteiger partial charge in [0.1, 0.15) is 0 Å². The van der Waals surface area contributed by atoms with Gasteiger partial charge < -0.3 is 10.4 Å². The minimum Gasteiger partial charge on any atom is -0.393 e. The van der Waals surface area contributed by atoms with Crippen molar-refractivity contribution in [3.05, 3.63) is 5.01 Å². The molecular weight excluding hydrogens is 291 g/mol. The lowest BCUT2D eigenvalue weighted by Gasteiger charge is -2.27. The number of aromatic nitrogens is 2. The van der Waals surface area contributed by atoms with Crippen molar-refractivity contribution >= 4 is 16.5 Å². The number of nitrogens with one attached hydrogen (secondary N) is 1. The van der Waals surface area contributed by atoms with Crippen LogP contribution in [-0.4, -0.2) is 28.0 Å². The molecule has 2 atom stereocenters. The van der Waals surface area contributed by atoms with Crippen molar-refractivity contribution in [1.82, 2.24) is 10.2 Å². The Morgan fingerprint density at radius 1 is 1.25 bits per heavy atom. The molecule has 0 saturated heterocycles. The average Bonchev–Trinajstić information content (AvgIpc) is 2.85. The average molecular weight is 309 g/mol. The van der Waals surface area contributed by atoms with E-state index in [1.807, 2.05) is 0 Å². The topological polar surface area (TPSA) is 58.0 Å². The standard InChI is InChI=1S/C12H18F3N3OS/c13-12(14,15)10-17-18-11(20-10)16-7-3-5-8-4-1-2-6-9(8)19/h8-9,19H,1-7H2,(H,16,18)/t8-,9+/m1/s1. The summed E-state index contributed by atoms with van der Waals surface area (Å²) in [5.41, 5.74) is 0. The van der Waals surface area contributed by atoms with Gasteiger partial charge in [0.2, 0.25) is 10.1 Å². The highest BCUT2D eigenvalue weighted by atomic mass is 32.1. The molecule has 114 valence electrons. The molecule has 1 heterocycles. The SMILES string of the molecule is O[C@H]1CCCC[C@@H]1CCCNc1nnc(C(F)(F)F)s1. The Morgan fingerprint density at radius 3 is 2.65 bits per heavy atom. The first-order valence-electron chi connectivity index (χ1n) is 6.79. The van der Waals surface area contributed by atoms with E-state index in [4.69, 9.17) is 0 Å². The first-order valence-corrected chi connectivity index (χ1v) is 7.61. The van der Waals surface area contributed by atoms with E-state index in [-0.39, 0.29) is 11.2 Å². The van der Waals surface area contributed by atoms with E-state index in [1.54, 1.807) is 0 Å². The smallest absolute Gasteiger partial charge is 0.393 e. The van der Waals surface area contributed by atoms with Gasteiger partial charge in [0.25, 0.3) is 0 Å². The van der Waals surface area contributed by atoms with Gasteiger partial charge in [-0.1, -0.05) is 24.2 Å². The van der Waals surface area contributed by atoms with Crippen LogP contribution in [0.4, 0.5) is 18.3 Å². The molecule has 1 aliphatic rings. The van der Waals surface area contributed by atoms with Crippen molar-refractivity contribution in [1.29, 1.82) is 0 Å². The maximum atomic E-state index is 12.3. The Bertz CT molecular complexity index is 424. The zero-order chi connectivity index (χ0) is 14.6. The molecule has 4 nitrogen and oxygen atoms in total. The maximum Gasteiger partial charge on any atom is 0.445 e. The lowest BCUT2D eigenvalue weighted by Crippen LogP contribution is -2.24. The highest BCUT2D eigenvalue weighted by Crippen LogP contribution is 2.33. The van der Waals surface area contributed by atoms with Gasteiger partial charge in [0, 0.05) is 6.54 Å². The maximum absolute atomic E-state index is 12.3. The van der Waals surface area contributed by atoms with E-state index in [0.717, 1.165) is 38.5 Å². The molecule has 1 aromatic heterocycles. The minimum atomic E-state index is -4.43. The van der Waals surface area contributed by atoms with Gasteiger partial charge in [-0.2, -0.15) is 13.2 Å². The number of nitrogens with zero attached hydrogens (tertiary/aromatic N) is 2. The number of alkyl halides is 3. The van der Waals surface area contributed by atoms with Crippen LogP contribution in [-0.2, 0) is 6.18 Å². The molecule has 1 aromatic rings. The van der Waals surface area contributed by atoms with Crippen LogP contribution in [0.5, 0.6) is 0 Å². The molecule has 0 aliphatic heterocycles. The summed E-state index contributed by atoms with van der Waals surface area (Å²) in [5.74, 6) is 0.325. The van der Waals surface area contributed by atoms with Gasteiger partial charge in [0.15, 0.2) is 0 Å². The molecule has 2 rings (SSSR count). The third-order valence-corrected chi connectivity index (χ3v) is 4.49. The minimum absolute atomic E-state index is 0.196. The molecule has 8 heteroatoms. The molecule has 0 aromatic carbocycles. The van der Waals surface area contributed by atoms with Crippen molar-refractivity contribution in [3.8, 4) is 0 Å². The molecule has 2 N–H and O–H groups in total. The summed E-state index contributed by atoms with van der Waals surface area (Å²) in [6.45, 7) is 0.551. The second-order valence-corrected chi connectivity index (χ2v) is 6.07. The van der Waals surface area contributed by atoms with Crippen LogP contribution in [0.1, 0.15) is 43.5 Å².